The van der Waals surface area contributed by atoms with Gasteiger partial charge in [-0.05, 0) is 26.3 Å². The van der Waals surface area contributed by atoms with Crippen LogP contribution in [0.1, 0.15) is 30.3 Å². The number of aromatic nitrogens is 4. The van der Waals surface area contributed by atoms with E-state index < -0.39 is 0 Å². The summed E-state index contributed by atoms with van der Waals surface area (Å²) in [6.45, 7) is 3.84. The normalized spacial score (nSPS) is 17.6. The van der Waals surface area contributed by atoms with Crippen LogP contribution in [0.4, 0.5) is 5.69 Å². The number of hydrogen-bond donors (Lipinski definition) is 1. The molecule has 8 nitrogen and oxygen atoms in total. The largest absolute Gasteiger partial charge is 0.339 e. The molecule has 0 aliphatic carbocycles. The zero-order valence-electron chi connectivity index (χ0n) is 16.1. The molecule has 4 rings (SSSR count). The monoisotopic (exact) mass is 380 g/mol. The van der Waals surface area contributed by atoms with Crippen LogP contribution in [0.25, 0.3) is 11.4 Å². The highest BCUT2D eigenvalue weighted by Gasteiger charge is 2.27. The van der Waals surface area contributed by atoms with Crippen molar-refractivity contribution in [2.45, 2.75) is 25.7 Å². The van der Waals surface area contributed by atoms with Crippen LogP contribution >= 0.6 is 0 Å². The van der Waals surface area contributed by atoms with E-state index >= 15 is 0 Å². The number of rotatable bonds is 5. The van der Waals surface area contributed by atoms with E-state index in [1.54, 1.807) is 4.68 Å². The van der Waals surface area contributed by atoms with E-state index in [0.717, 1.165) is 42.9 Å². The lowest BCUT2D eigenvalue weighted by Crippen LogP contribution is -2.39. The molecule has 1 fully saturated rings. The fourth-order valence-electron chi connectivity index (χ4n) is 3.62. The maximum Gasteiger partial charge on any atom is 0.238 e. The van der Waals surface area contributed by atoms with Crippen molar-refractivity contribution in [2.24, 2.45) is 7.05 Å². The quantitative estimate of drug-likeness (QED) is 0.732. The van der Waals surface area contributed by atoms with Crippen LogP contribution in [-0.4, -0.2) is 50.4 Å². The minimum Gasteiger partial charge on any atom is -0.339 e. The average Bonchev–Trinajstić information content (AvgIpc) is 3.29. The van der Waals surface area contributed by atoms with Crippen molar-refractivity contribution in [3.8, 4) is 11.4 Å². The molecule has 1 aromatic carbocycles. The highest BCUT2D eigenvalue weighted by atomic mass is 16.5. The number of carbonyl (C=O) groups excluding carboxylic acids is 1. The molecular weight excluding hydrogens is 356 g/mol. The fourth-order valence-corrected chi connectivity index (χ4v) is 3.62. The van der Waals surface area contributed by atoms with Gasteiger partial charge in [0, 0.05) is 25.4 Å². The number of nitrogens with one attached hydrogen (secondary N) is 1. The Morgan fingerprint density at radius 3 is 2.89 bits per heavy atom. The first-order valence-corrected chi connectivity index (χ1v) is 9.50. The molecule has 1 N–H and O–H groups in total. The van der Waals surface area contributed by atoms with Crippen LogP contribution < -0.4 is 5.32 Å². The third kappa shape index (κ3) is 4.12. The zero-order chi connectivity index (χ0) is 19.5. The summed E-state index contributed by atoms with van der Waals surface area (Å²) in [6.07, 6.45) is 3.79. The SMILES string of the molecule is Cc1nn(C)cc1NC(=O)CN1CCCC(c2nc(-c3ccccc3)no2)C1. The van der Waals surface area contributed by atoms with Crippen molar-refractivity contribution in [1.29, 1.82) is 0 Å². The molecule has 146 valence electrons. The van der Waals surface area contributed by atoms with Crippen LogP contribution in [0, 0.1) is 6.92 Å². The smallest absolute Gasteiger partial charge is 0.238 e. The number of benzene rings is 1. The van der Waals surface area contributed by atoms with E-state index in [-0.39, 0.29) is 11.8 Å². The molecule has 0 spiro atoms. The van der Waals surface area contributed by atoms with E-state index in [0.29, 0.717) is 18.3 Å². The lowest BCUT2D eigenvalue weighted by atomic mass is 9.98. The molecule has 3 aromatic rings. The van der Waals surface area contributed by atoms with Crippen molar-refractivity contribution < 1.29 is 9.32 Å². The number of hydrogen-bond acceptors (Lipinski definition) is 6. The summed E-state index contributed by atoms with van der Waals surface area (Å²) in [5.41, 5.74) is 2.51. The highest BCUT2D eigenvalue weighted by Crippen LogP contribution is 2.27. The standard InChI is InChI=1S/C20H24N6O2/c1-14-17(12-25(2)23-14)21-18(27)13-26-10-6-9-16(11-26)20-22-19(24-28-20)15-7-4-3-5-8-15/h3-5,7-8,12,16H,6,9-11,13H2,1-2H3,(H,21,27). The van der Waals surface area contributed by atoms with Gasteiger partial charge in [0.25, 0.3) is 0 Å². The Balaban J connectivity index is 1.37. The van der Waals surface area contributed by atoms with Gasteiger partial charge in [-0.2, -0.15) is 10.1 Å². The molecular formula is C20H24N6O2. The molecule has 1 atom stereocenters. The van der Waals surface area contributed by atoms with Crippen molar-refractivity contribution >= 4 is 11.6 Å². The van der Waals surface area contributed by atoms with Crippen molar-refractivity contribution in [1.82, 2.24) is 24.8 Å². The van der Waals surface area contributed by atoms with Crippen molar-refractivity contribution in [3.63, 3.8) is 0 Å². The molecule has 0 saturated carbocycles. The number of amides is 1. The maximum absolute atomic E-state index is 12.4. The Kier molecular flexibility index (Phi) is 5.21. The third-order valence-corrected chi connectivity index (χ3v) is 4.98. The maximum atomic E-state index is 12.4. The van der Waals surface area contributed by atoms with E-state index in [1.807, 2.05) is 50.5 Å². The van der Waals surface area contributed by atoms with Gasteiger partial charge in [0.15, 0.2) is 0 Å². The van der Waals surface area contributed by atoms with Gasteiger partial charge in [0.05, 0.1) is 23.8 Å². The third-order valence-electron chi connectivity index (χ3n) is 4.98. The summed E-state index contributed by atoms with van der Waals surface area (Å²) in [7, 11) is 1.84. The molecule has 8 heteroatoms. The topological polar surface area (TPSA) is 89.1 Å². The number of carbonyl (C=O) groups is 1. The van der Waals surface area contributed by atoms with Crippen LogP contribution in [0.3, 0.4) is 0 Å². The first-order valence-electron chi connectivity index (χ1n) is 9.50. The summed E-state index contributed by atoms with van der Waals surface area (Å²) < 4.78 is 7.22. The van der Waals surface area contributed by atoms with Crippen molar-refractivity contribution in [2.75, 3.05) is 25.0 Å². The van der Waals surface area contributed by atoms with Gasteiger partial charge < -0.3 is 9.84 Å². The van der Waals surface area contributed by atoms with Gasteiger partial charge in [0.2, 0.25) is 17.6 Å². The summed E-state index contributed by atoms with van der Waals surface area (Å²) in [6, 6.07) is 9.80. The first kappa shape index (κ1) is 18.4. The minimum atomic E-state index is -0.0350. The number of aryl methyl sites for hydroxylation is 2. The van der Waals surface area contributed by atoms with Gasteiger partial charge in [-0.15, -0.1) is 0 Å². The predicted molar refractivity (Wildman–Crippen MR) is 105 cm³/mol. The Morgan fingerprint density at radius 1 is 1.32 bits per heavy atom. The fraction of sp³-hybridized carbons (Fsp3) is 0.400. The summed E-state index contributed by atoms with van der Waals surface area (Å²) >= 11 is 0. The Bertz CT molecular complexity index is 949. The van der Waals surface area contributed by atoms with Gasteiger partial charge in [0.1, 0.15) is 0 Å². The van der Waals surface area contributed by atoms with E-state index in [2.05, 4.69) is 25.5 Å². The number of anilines is 1. The molecule has 1 saturated heterocycles. The summed E-state index contributed by atoms with van der Waals surface area (Å²) in [4.78, 5) is 19.2. The molecule has 3 heterocycles. The molecule has 1 amide bonds. The Morgan fingerprint density at radius 2 is 2.14 bits per heavy atom. The van der Waals surface area contributed by atoms with E-state index in [9.17, 15) is 4.79 Å². The Labute approximate surface area is 163 Å². The molecule has 0 radical (unpaired) electrons. The molecule has 28 heavy (non-hydrogen) atoms. The summed E-state index contributed by atoms with van der Waals surface area (Å²) in [5, 5.41) is 11.3. The zero-order valence-corrected chi connectivity index (χ0v) is 16.1. The second-order valence-corrected chi connectivity index (χ2v) is 7.25. The molecule has 1 aliphatic rings. The number of likely N-dealkylation sites (tertiary alicyclic amines) is 1. The lowest BCUT2D eigenvalue weighted by molar-refractivity contribution is -0.117. The van der Waals surface area contributed by atoms with E-state index in [1.165, 1.54) is 0 Å². The predicted octanol–water partition coefficient (Wildman–Crippen LogP) is 2.60. The number of piperidine rings is 1. The van der Waals surface area contributed by atoms with Crippen LogP contribution in [-0.2, 0) is 11.8 Å². The van der Waals surface area contributed by atoms with Gasteiger partial charge in [-0.3, -0.25) is 14.4 Å². The van der Waals surface area contributed by atoms with Crippen LogP contribution in [0.2, 0.25) is 0 Å². The van der Waals surface area contributed by atoms with Gasteiger partial charge in [-0.25, -0.2) is 0 Å². The van der Waals surface area contributed by atoms with Gasteiger partial charge >= 0.3 is 0 Å². The lowest BCUT2D eigenvalue weighted by Gasteiger charge is -2.30. The highest BCUT2D eigenvalue weighted by molar-refractivity contribution is 5.92. The second-order valence-electron chi connectivity index (χ2n) is 7.25. The molecule has 1 unspecified atom stereocenters. The first-order chi connectivity index (χ1) is 13.6. The van der Waals surface area contributed by atoms with Crippen LogP contribution in [0.15, 0.2) is 41.1 Å². The second kappa shape index (κ2) is 7.93. The molecule has 0 bridgehead atoms. The van der Waals surface area contributed by atoms with Gasteiger partial charge in [-0.1, -0.05) is 35.5 Å². The molecule has 1 aliphatic heterocycles. The summed E-state index contributed by atoms with van der Waals surface area (Å²) in [5.74, 6) is 1.36. The minimum absolute atomic E-state index is 0.0350. The van der Waals surface area contributed by atoms with Crippen LogP contribution in [0.5, 0.6) is 0 Å². The molecule has 2 aromatic heterocycles. The Hall–Kier alpha value is -3.00. The van der Waals surface area contributed by atoms with Crippen molar-refractivity contribution in [3.05, 3.63) is 48.1 Å². The number of nitrogens with zero attached hydrogens (tertiary/aromatic N) is 5. The average molecular weight is 380 g/mol. The van der Waals surface area contributed by atoms with E-state index in [4.69, 9.17) is 4.52 Å².